The Kier molecular flexibility index (Phi) is 5.85. The van der Waals surface area contributed by atoms with Crippen molar-refractivity contribution >= 4 is 29.0 Å². The Hall–Kier alpha value is -2.41. The minimum atomic E-state index is -0.0121. The van der Waals surface area contributed by atoms with Gasteiger partial charge in [0.2, 0.25) is 11.8 Å². The molecule has 29 heavy (non-hydrogen) atoms. The molecule has 2 aromatic carbocycles. The predicted molar refractivity (Wildman–Crippen MR) is 110 cm³/mol. The first-order chi connectivity index (χ1) is 14.0. The first-order valence-electron chi connectivity index (χ1n) is 9.33. The number of likely N-dealkylation sites (tertiary alicyclic amines) is 1. The topological polar surface area (TPSA) is 79.5 Å². The summed E-state index contributed by atoms with van der Waals surface area (Å²) in [6.07, 6.45) is 1.54. The van der Waals surface area contributed by atoms with Gasteiger partial charge in [0.1, 0.15) is 5.75 Å². The molecule has 1 aliphatic heterocycles. The summed E-state index contributed by atoms with van der Waals surface area (Å²) in [6, 6.07) is 11.5. The molecule has 2 heterocycles. The van der Waals surface area contributed by atoms with Crippen LogP contribution in [0.2, 0.25) is 10.0 Å². The number of hydrogen-bond acceptors (Lipinski definition) is 6. The lowest BCUT2D eigenvalue weighted by atomic mass is 9.89. The van der Waals surface area contributed by atoms with Gasteiger partial charge in [-0.25, -0.2) is 0 Å². The zero-order valence-corrected chi connectivity index (χ0v) is 17.0. The van der Waals surface area contributed by atoms with Crippen LogP contribution in [0.15, 0.2) is 46.9 Å². The second kappa shape index (κ2) is 8.53. The van der Waals surface area contributed by atoms with E-state index >= 15 is 0 Å². The van der Waals surface area contributed by atoms with Gasteiger partial charge in [-0.2, -0.15) is 0 Å². The summed E-state index contributed by atoms with van der Waals surface area (Å²) in [5, 5.41) is 18.6. The maximum absolute atomic E-state index is 12.6. The Morgan fingerprint density at radius 3 is 2.52 bits per heavy atom. The molecule has 6 nitrogen and oxygen atoms in total. The van der Waals surface area contributed by atoms with Crippen molar-refractivity contribution in [1.29, 1.82) is 0 Å². The van der Waals surface area contributed by atoms with Gasteiger partial charge in [0, 0.05) is 16.5 Å². The predicted octanol–water partition coefficient (Wildman–Crippen LogP) is 4.84. The molecule has 1 N–H and O–H groups in total. The van der Waals surface area contributed by atoms with E-state index in [1.54, 1.807) is 42.5 Å². The lowest BCUT2D eigenvalue weighted by molar-refractivity contribution is 0.0828. The number of phenols is 1. The van der Waals surface area contributed by atoms with E-state index in [4.69, 9.17) is 27.6 Å². The molecule has 0 amide bonds. The molecule has 1 fully saturated rings. The number of Topliss-reactive ketones (excluding diaryl/α,β-unsaturated/α-hetero) is 1. The molecular weight excluding hydrogens is 413 g/mol. The highest BCUT2D eigenvalue weighted by atomic mass is 35.5. The van der Waals surface area contributed by atoms with Crippen molar-refractivity contribution in [2.24, 2.45) is 5.92 Å². The second-order valence-corrected chi connectivity index (χ2v) is 7.93. The number of carbonyl (C=O) groups is 1. The van der Waals surface area contributed by atoms with Crippen LogP contribution in [0.1, 0.15) is 29.1 Å². The summed E-state index contributed by atoms with van der Waals surface area (Å²) in [5.41, 5.74) is 1.29. The van der Waals surface area contributed by atoms with Crippen molar-refractivity contribution in [1.82, 2.24) is 15.1 Å². The van der Waals surface area contributed by atoms with Crippen molar-refractivity contribution < 1.29 is 14.3 Å². The van der Waals surface area contributed by atoms with Gasteiger partial charge in [0.25, 0.3) is 0 Å². The molecule has 0 spiro atoms. The maximum Gasteiger partial charge on any atom is 0.249 e. The van der Waals surface area contributed by atoms with Crippen molar-refractivity contribution in [3.05, 3.63) is 64.0 Å². The van der Waals surface area contributed by atoms with Crippen LogP contribution in [0, 0.1) is 5.92 Å². The van der Waals surface area contributed by atoms with Crippen LogP contribution in [-0.2, 0) is 6.54 Å². The SMILES string of the molecule is O=C(c1ccc(O)cc1)C1CCN(Cc2nnc(-c3ccc(Cl)cc3Cl)o2)CC1. The molecule has 1 saturated heterocycles. The summed E-state index contributed by atoms with van der Waals surface area (Å²) in [6.45, 7) is 2.07. The van der Waals surface area contributed by atoms with Crippen molar-refractivity contribution in [3.8, 4) is 17.2 Å². The average Bonchev–Trinajstić information content (AvgIpc) is 3.17. The van der Waals surface area contributed by atoms with Crippen molar-refractivity contribution in [2.45, 2.75) is 19.4 Å². The van der Waals surface area contributed by atoms with Gasteiger partial charge in [0.15, 0.2) is 5.78 Å². The fourth-order valence-corrected chi connectivity index (χ4v) is 3.98. The highest BCUT2D eigenvalue weighted by Gasteiger charge is 2.26. The normalized spacial score (nSPS) is 15.5. The van der Waals surface area contributed by atoms with E-state index in [0.29, 0.717) is 39.5 Å². The van der Waals surface area contributed by atoms with Crippen LogP contribution in [0.25, 0.3) is 11.5 Å². The van der Waals surface area contributed by atoms with Crippen LogP contribution < -0.4 is 0 Å². The molecule has 0 unspecified atom stereocenters. The molecule has 0 aliphatic carbocycles. The van der Waals surface area contributed by atoms with Gasteiger partial charge in [-0.1, -0.05) is 23.2 Å². The molecule has 0 saturated carbocycles. The fraction of sp³-hybridized carbons (Fsp3) is 0.286. The van der Waals surface area contributed by atoms with Crippen molar-refractivity contribution in [3.63, 3.8) is 0 Å². The van der Waals surface area contributed by atoms with Gasteiger partial charge in [-0.05, 0) is 68.4 Å². The van der Waals surface area contributed by atoms with Gasteiger partial charge in [0.05, 0.1) is 17.1 Å². The monoisotopic (exact) mass is 431 g/mol. The highest BCUT2D eigenvalue weighted by Crippen LogP contribution is 2.30. The number of phenolic OH excluding ortho intramolecular Hbond substituents is 1. The molecule has 3 aromatic rings. The number of nitrogens with zero attached hydrogens (tertiary/aromatic N) is 3. The van der Waals surface area contributed by atoms with Gasteiger partial charge < -0.3 is 9.52 Å². The van der Waals surface area contributed by atoms with Gasteiger partial charge in [-0.3, -0.25) is 9.69 Å². The van der Waals surface area contributed by atoms with Gasteiger partial charge >= 0.3 is 0 Å². The lowest BCUT2D eigenvalue weighted by Crippen LogP contribution is -2.36. The van der Waals surface area contributed by atoms with Crippen LogP contribution in [0.4, 0.5) is 0 Å². The van der Waals surface area contributed by atoms with Gasteiger partial charge in [-0.15, -0.1) is 10.2 Å². The summed E-state index contributed by atoms with van der Waals surface area (Å²) in [4.78, 5) is 14.8. The van der Waals surface area contributed by atoms with E-state index in [1.165, 1.54) is 0 Å². The number of ketones is 1. The number of hydrogen-bond donors (Lipinski definition) is 1. The molecule has 4 rings (SSSR count). The molecule has 150 valence electrons. The largest absolute Gasteiger partial charge is 0.508 e. The third kappa shape index (κ3) is 4.61. The quantitative estimate of drug-likeness (QED) is 0.581. The number of piperidine rings is 1. The number of aromatic nitrogens is 2. The van der Waals surface area contributed by atoms with E-state index in [-0.39, 0.29) is 17.5 Å². The van der Waals surface area contributed by atoms with Crippen LogP contribution in [0.5, 0.6) is 5.75 Å². The number of halogens is 2. The zero-order chi connectivity index (χ0) is 20.4. The summed E-state index contributed by atoms with van der Waals surface area (Å²) in [5.74, 6) is 1.15. The third-order valence-electron chi connectivity index (χ3n) is 5.10. The maximum atomic E-state index is 12.6. The van der Waals surface area contributed by atoms with E-state index in [0.717, 1.165) is 25.9 Å². The summed E-state index contributed by atoms with van der Waals surface area (Å²) in [7, 11) is 0. The summed E-state index contributed by atoms with van der Waals surface area (Å²) >= 11 is 12.1. The Bertz CT molecular complexity index is 1010. The van der Waals surface area contributed by atoms with Crippen LogP contribution in [0.3, 0.4) is 0 Å². The molecule has 0 bridgehead atoms. The Morgan fingerprint density at radius 2 is 1.83 bits per heavy atom. The van der Waals surface area contributed by atoms with Crippen LogP contribution in [-0.4, -0.2) is 39.1 Å². The number of benzene rings is 2. The smallest absolute Gasteiger partial charge is 0.249 e. The van der Waals surface area contributed by atoms with Crippen molar-refractivity contribution in [2.75, 3.05) is 13.1 Å². The third-order valence-corrected chi connectivity index (χ3v) is 5.65. The Balaban J connectivity index is 1.35. The number of carbonyl (C=O) groups excluding carboxylic acids is 1. The Labute approximate surface area is 178 Å². The molecule has 1 aliphatic rings. The Morgan fingerprint density at radius 1 is 1.10 bits per heavy atom. The lowest BCUT2D eigenvalue weighted by Gasteiger charge is -2.30. The van der Waals surface area contributed by atoms with E-state index in [1.807, 2.05) is 0 Å². The minimum Gasteiger partial charge on any atom is -0.508 e. The standard InChI is InChI=1S/C21H19Cl2N3O3/c22-15-3-6-17(18(23)11-15)21-25-24-19(29-21)12-26-9-7-14(8-10-26)20(28)13-1-4-16(27)5-2-13/h1-6,11,14,27H,7-10,12H2. The summed E-state index contributed by atoms with van der Waals surface area (Å²) < 4.78 is 5.77. The van der Waals surface area contributed by atoms with Crippen LogP contribution >= 0.6 is 23.2 Å². The zero-order valence-electron chi connectivity index (χ0n) is 15.5. The molecular formula is C21H19Cl2N3O3. The van der Waals surface area contributed by atoms with E-state index in [2.05, 4.69) is 15.1 Å². The second-order valence-electron chi connectivity index (χ2n) is 7.09. The molecule has 0 atom stereocenters. The highest BCUT2D eigenvalue weighted by molar-refractivity contribution is 6.36. The first kappa shape index (κ1) is 19.9. The fourth-order valence-electron chi connectivity index (χ4n) is 3.50. The molecule has 8 heteroatoms. The molecule has 0 radical (unpaired) electrons. The molecule has 1 aromatic heterocycles. The average molecular weight is 432 g/mol. The number of rotatable bonds is 5. The first-order valence-corrected chi connectivity index (χ1v) is 10.1. The van der Waals surface area contributed by atoms with E-state index in [9.17, 15) is 9.90 Å². The number of aromatic hydroxyl groups is 1. The minimum absolute atomic E-state index is 0.0121. The van der Waals surface area contributed by atoms with E-state index < -0.39 is 0 Å².